The van der Waals surface area contributed by atoms with E-state index in [9.17, 15) is 14.5 Å². The number of esters is 1. The number of benzene rings is 2. The Balaban J connectivity index is 1.69. The van der Waals surface area contributed by atoms with Crippen LogP contribution in [0.5, 0.6) is 0 Å². The van der Waals surface area contributed by atoms with Crippen LogP contribution in [0.2, 0.25) is 5.02 Å². The highest BCUT2D eigenvalue weighted by Crippen LogP contribution is 2.38. The van der Waals surface area contributed by atoms with Crippen LogP contribution in [0.4, 0.5) is 4.39 Å². The average molecular weight is 539 g/mol. The summed E-state index contributed by atoms with van der Waals surface area (Å²) in [6.07, 6.45) is 1.76. The van der Waals surface area contributed by atoms with Crippen LogP contribution in [0, 0.1) is 10.7 Å². The van der Waals surface area contributed by atoms with Gasteiger partial charge in [-0.05, 0) is 70.8 Å². The maximum atomic E-state index is 15.1. The van der Waals surface area contributed by atoms with Crippen molar-refractivity contribution in [2.45, 2.75) is 25.3 Å². The fourth-order valence-electron chi connectivity index (χ4n) is 4.21. The summed E-state index contributed by atoms with van der Waals surface area (Å²) < 4.78 is 21.5. The number of halogens is 2. The molecule has 9 heteroatoms. The molecule has 2 aromatic heterocycles. The Morgan fingerprint density at radius 1 is 1.08 bits per heavy atom. The first-order chi connectivity index (χ1) is 17.8. The largest absolute Gasteiger partial charge is 0.462 e. The molecule has 190 valence electrons. The van der Waals surface area contributed by atoms with Gasteiger partial charge in [-0.3, -0.25) is 4.79 Å². The monoisotopic (exact) mass is 538 g/mol. The summed E-state index contributed by atoms with van der Waals surface area (Å²) in [4.78, 5) is 36.2. The molecular formula is C28H24ClFN2O4S. The average Bonchev–Trinajstić information content (AvgIpc) is 3.38. The lowest BCUT2D eigenvalue weighted by Crippen LogP contribution is -2.16. The van der Waals surface area contributed by atoms with Gasteiger partial charge in [0.15, 0.2) is 0 Å². The lowest BCUT2D eigenvalue weighted by Gasteiger charge is -2.22. The van der Waals surface area contributed by atoms with Crippen LogP contribution < -0.4 is 5.56 Å². The molecule has 0 saturated carbocycles. The highest BCUT2D eigenvalue weighted by Gasteiger charge is 2.25. The van der Waals surface area contributed by atoms with Crippen molar-refractivity contribution in [2.24, 2.45) is 12.2 Å². The van der Waals surface area contributed by atoms with E-state index in [4.69, 9.17) is 16.3 Å². The van der Waals surface area contributed by atoms with Crippen molar-refractivity contribution in [3.63, 3.8) is 0 Å². The first-order valence-electron chi connectivity index (χ1n) is 11.6. The summed E-state index contributed by atoms with van der Waals surface area (Å²) in [5, 5.41) is 5.46. The Labute approximate surface area is 222 Å². The third-order valence-corrected chi connectivity index (χ3v) is 7.29. The van der Waals surface area contributed by atoms with Crippen LogP contribution in [-0.2, 0) is 11.8 Å². The molecule has 0 aliphatic carbocycles. The number of aryl methyl sites for hydroxylation is 1. The number of hydrogen-bond acceptors (Lipinski definition) is 6. The van der Waals surface area contributed by atoms with Gasteiger partial charge < -0.3 is 9.30 Å². The molecular weight excluding hydrogens is 515 g/mol. The van der Waals surface area contributed by atoms with E-state index in [0.717, 1.165) is 16.7 Å². The second kappa shape index (κ2) is 11.6. The van der Waals surface area contributed by atoms with E-state index in [0.29, 0.717) is 22.6 Å². The molecule has 1 unspecified atom stereocenters. The maximum Gasteiger partial charge on any atom is 0.348 e. The van der Waals surface area contributed by atoms with Gasteiger partial charge in [0.1, 0.15) is 16.7 Å². The molecule has 0 amide bonds. The molecule has 0 aliphatic heterocycles. The zero-order chi connectivity index (χ0) is 26.5. The predicted octanol–water partition coefficient (Wildman–Crippen LogP) is 7.11. The van der Waals surface area contributed by atoms with Gasteiger partial charge in [0.2, 0.25) is 5.56 Å². The zero-order valence-corrected chi connectivity index (χ0v) is 21.8. The van der Waals surface area contributed by atoms with Crippen LogP contribution >= 0.6 is 22.9 Å². The minimum atomic E-state index is -0.810. The quantitative estimate of drug-likeness (QED) is 0.168. The van der Waals surface area contributed by atoms with Crippen LogP contribution in [0.1, 0.15) is 51.7 Å². The van der Waals surface area contributed by atoms with E-state index in [1.165, 1.54) is 28.0 Å². The van der Waals surface area contributed by atoms with E-state index in [1.54, 1.807) is 44.4 Å². The molecule has 37 heavy (non-hydrogen) atoms. The maximum absolute atomic E-state index is 15.1. The number of thiophene rings is 1. The Bertz CT molecular complexity index is 1480. The van der Waals surface area contributed by atoms with Gasteiger partial charge in [-0.25, -0.2) is 9.18 Å². The van der Waals surface area contributed by atoms with Crippen molar-refractivity contribution < 1.29 is 13.9 Å². The first-order valence-corrected chi connectivity index (χ1v) is 12.9. The predicted molar refractivity (Wildman–Crippen MR) is 144 cm³/mol. The smallest absolute Gasteiger partial charge is 0.348 e. The van der Waals surface area contributed by atoms with Gasteiger partial charge in [-0.2, -0.15) is 4.91 Å². The molecule has 0 radical (unpaired) electrons. The van der Waals surface area contributed by atoms with Crippen molar-refractivity contribution in [3.05, 3.63) is 120 Å². The summed E-state index contributed by atoms with van der Waals surface area (Å²) in [7, 11) is 1.60. The van der Waals surface area contributed by atoms with Gasteiger partial charge in [0, 0.05) is 30.3 Å². The second-order valence-corrected chi connectivity index (χ2v) is 9.88. The minimum Gasteiger partial charge on any atom is -0.462 e. The molecule has 0 fully saturated rings. The number of rotatable bonds is 9. The fourth-order valence-corrected chi connectivity index (χ4v) is 5.17. The van der Waals surface area contributed by atoms with Gasteiger partial charge in [0.25, 0.3) is 0 Å². The number of aromatic nitrogens is 1. The standard InChI is InChI=1S/C28H24ClFN2O4S/c1-3-36-28(34)26-12-20(16-37-26)17-4-6-18(7-5-17)23(22-10-9-21(29)13-24(22)30)14-25(31-35)19-8-11-27(33)32(2)15-19/h4-13,15-16,23,25H,3,14H2,1-2H3/t23-,25?/m1/s1. The van der Waals surface area contributed by atoms with Crippen LogP contribution in [0.3, 0.4) is 0 Å². The third-order valence-electron chi connectivity index (χ3n) is 6.14. The van der Waals surface area contributed by atoms with Crippen LogP contribution in [-0.4, -0.2) is 17.1 Å². The zero-order valence-electron chi connectivity index (χ0n) is 20.2. The van der Waals surface area contributed by atoms with Gasteiger partial charge >= 0.3 is 5.97 Å². The van der Waals surface area contributed by atoms with Crippen LogP contribution in [0.15, 0.2) is 82.2 Å². The summed E-state index contributed by atoms with van der Waals surface area (Å²) in [6.45, 7) is 2.06. The van der Waals surface area contributed by atoms with Gasteiger partial charge in [-0.1, -0.05) is 47.1 Å². The number of ether oxygens (including phenoxy) is 1. The van der Waals surface area contributed by atoms with E-state index in [2.05, 4.69) is 5.18 Å². The van der Waals surface area contributed by atoms with Crippen molar-refractivity contribution in [1.29, 1.82) is 0 Å². The van der Waals surface area contributed by atoms with Gasteiger partial charge in [-0.15, -0.1) is 11.3 Å². The Hall–Kier alpha value is -3.62. The molecule has 0 bridgehead atoms. The molecule has 6 nitrogen and oxygen atoms in total. The molecule has 2 heterocycles. The van der Waals surface area contributed by atoms with Crippen molar-refractivity contribution >= 4 is 28.9 Å². The lowest BCUT2D eigenvalue weighted by atomic mass is 9.84. The highest BCUT2D eigenvalue weighted by atomic mass is 35.5. The molecule has 2 atom stereocenters. The topological polar surface area (TPSA) is 77.7 Å². The normalized spacial score (nSPS) is 12.6. The van der Waals surface area contributed by atoms with Crippen molar-refractivity contribution in [2.75, 3.05) is 6.61 Å². The SMILES string of the molecule is CCOC(=O)c1cc(-c2ccc([C@@H](CC(N=O)c3ccc(=O)n(C)c3)c3ccc(Cl)cc3F)cc2)cs1. The summed E-state index contributed by atoms with van der Waals surface area (Å²) in [5.41, 5.74) is 3.28. The number of pyridine rings is 1. The summed E-state index contributed by atoms with van der Waals surface area (Å²) >= 11 is 7.29. The third kappa shape index (κ3) is 6.03. The number of hydrogen-bond donors (Lipinski definition) is 0. The highest BCUT2D eigenvalue weighted by molar-refractivity contribution is 7.12. The van der Waals surface area contributed by atoms with E-state index >= 15 is 4.39 Å². The van der Waals surface area contributed by atoms with Crippen molar-refractivity contribution in [3.8, 4) is 11.1 Å². The lowest BCUT2D eigenvalue weighted by molar-refractivity contribution is 0.0532. The van der Waals surface area contributed by atoms with E-state index in [1.807, 2.05) is 29.6 Å². The van der Waals surface area contributed by atoms with Gasteiger partial charge in [0.05, 0.1) is 6.61 Å². The Morgan fingerprint density at radius 3 is 2.46 bits per heavy atom. The fraction of sp³-hybridized carbons (Fsp3) is 0.214. The molecule has 0 aliphatic rings. The van der Waals surface area contributed by atoms with Crippen LogP contribution in [0.25, 0.3) is 11.1 Å². The molecule has 0 N–H and O–H groups in total. The van der Waals surface area contributed by atoms with E-state index in [-0.39, 0.29) is 23.0 Å². The number of carbonyl (C=O) groups excluding carboxylic acids is 1. The molecule has 4 aromatic rings. The molecule has 2 aromatic carbocycles. The van der Waals surface area contributed by atoms with E-state index < -0.39 is 17.8 Å². The Kier molecular flexibility index (Phi) is 8.31. The minimum absolute atomic E-state index is 0.186. The Morgan fingerprint density at radius 2 is 1.81 bits per heavy atom. The summed E-state index contributed by atoms with van der Waals surface area (Å²) in [6, 6.07) is 15.9. The summed E-state index contributed by atoms with van der Waals surface area (Å²) in [5.74, 6) is -1.35. The molecule has 0 spiro atoms. The number of nitroso groups, excluding NO2 is 1. The molecule has 4 rings (SSSR count). The number of carbonyl (C=O) groups is 1. The molecule has 0 saturated heterocycles. The second-order valence-electron chi connectivity index (χ2n) is 8.53. The number of nitrogens with zero attached hydrogens (tertiary/aromatic N) is 2. The first kappa shape index (κ1) is 26.4. The van der Waals surface area contributed by atoms with Crippen molar-refractivity contribution in [1.82, 2.24) is 4.57 Å².